The number of nitrogens with two attached hydrogens (primary N) is 1. The summed E-state index contributed by atoms with van der Waals surface area (Å²) in [6.45, 7) is 5.96. The number of ether oxygens (including phenoxy) is 1. The van der Waals surface area contributed by atoms with Gasteiger partial charge in [0.25, 0.3) is 0 Å². The summed E-state index contributed by atoms with van der Waals surface area (Å²) in [6, 6.07) is 11.7. The lowest BCUT2D eigenvalue weighted by Gasteiger charge is -2.38. The van der Waals surface area contributed by atoms with Crippen LogP contribution in [0.4, 0.5) is 16.4 Å². The van der Waals surface area contributed by atoms with E-state index >= 15 is 0 Å². The van der Waals surface area contributed by atoms with Crippen molar-refractivity contribution in [3.05, 3.63) is 65.7 Å². The number of rotatable bonds is 6. The molecule has 1 aliphatic carbocycles. The smallest absolute Gasteiger partial charge is 0.410 e. The van der Waals surface area contributed by atoms with E-state index in [-0.39, 0.29) is 18.2 Å². The number of H-pyrrole nitrogens is 1. The summed E-state index contributed by atoms with van der Waals surface area (Å²) in [5, 5.41) is 5.03. The van der Waals surface area contributed by atoms with Crippen molar-refractivity contribution in [3.63, 3.8) is 0 Å². The summed E-state index contributed by atoms with van der Waals surface area (Å²) in [5.74, 6) is 0.509. The summed E-state index contributed by atoms with van der Waals surface area (Å²) < 4.78 is 5.78. The lowest BCUT2D eigenvalue weighted by atomic mass is 9.90. The second-order valence-electron chi connectivity index (χ2n) is 11.0. The van der Waals surface area contributed by atoms with Crippen LogP contribution in [-0.4, -0.2) is 48.6 Å². The summed E-state index contributed by atoms with van der Waals surface area (Å²) in [5.41, 5.74) is 9.17. The molecule has 4 aromatic rings. The zero-order chi connectivity index (χ0) is 27.6. The van der Waals surface area contributed by atoms with Crippen LogP contribution in [0.2, 0.25) is 5.02 Å². The van der Waals surface area contributed by atoms with Gasteiger partial charge >= 0.3 is 6.09 Å². The first-order chi connectivity index (χ1) is 18.7. The number of anilines is 2. The zero-order valence-corrected chi connectivity index (χ0v) is 23.2. The Balaban J connectivity index is 1.35. The van der Waals surface area contributed by atoms with Gasteiger partial charge in [0.2, 0.25) is 5.95 Å². The molecule has 10 heteroatoms. The molecule has 3 aromatic heterocycles. The Morgan fingerprint density at radius 3 is 2.77 bits per heavy atom. The third kappa shape index (κ3) is 6.42. The first kappa shape index (κ1) is 26.7. The predicted octanol–water partition coefficient (Wildman–Crippen LogP) is 6.42. The van der Waals surface area contributed by atoms with Crippen LogP contribution in [0.25, 0.3) is 22.2 Å². The number of hydrogen-bond acceptors (Lipinski definition) is 7. The van der Waals surface area contributed by atoms with Crippen molar-refractivity contribution in [2.24, 2.45) is 0 Å². The molecule has 0 bridgehead atoms. The molecule has 9 nitrogen and oxygen atoms in total. The molecule has 3 heterocycles. The minimum absolute atomic E-state index is 0.0363. The lowest BCUT2D eigenvalue weighted by molar-refractivity contribution is 0.00907. The number of carbonyl (C=O) groups excluding carboxylic acids is 1. The maximum absolute atomic E-state index is 13.3. The van der Waals surface area contributed by atoms with Gasteiger partial charge in [0, 0.05) is 34.7 Å². The van der Waals surface area contributed by atoms with Gasteiger partial charge in [-0.3, -0.25) is 9.88 Å². The number of aromatic nitrogens is 4. The van der Waals surface area contributed by atoms with Crippen molar-refractivity contribution in [3.8, 4) is 11.3 Å². The molecule has 1 aromatic carbocycles. The van der Waals surface area contributed by atoms with Crippen molar-refractivity contribution in [2.45, 2.75) is 70.7 Å². The fourth-order valence-corrected chi connectivity index (χ4v) is 5.21. The van der Waals surface area contributed by atoms with Crippen molar-refractivity contribution in [1.29, 1.82) is 0 Å². The fourth-order valence-electron chi connectivity index (χ4n) is 5.02. The quantitative estimate of drug-likeness (QED) is 0.255. The Morgan fingerprint density at radius 2 is 2.00 bits per heavy atom. The van der Waals surface area contributed by atoms with Gasteiger partial charge in [0.1, 0.15) is 5.60 Å². The molecule has 204 valence electrons. The molecule has 0 unspecified atom stereocenters. The van der Waals surface area contributed by atoms with E-state index < -0.39 is 5.60 Å². The number of benzene rings is 1. The summed E-state index contributed by atoms with van der Waals surface area (Å²) in [7, 11) is 0. The fraction of sp³-hybridized carbons (Fsp3) is 0.379. The van der Waals surface area contributed by atoms with Gasteiger partial charge in [-0.15, -0.1) is 0 Å². The van der Waals surface area contributed by atoms with Gasteiger partial charge < -0.3 is 20.8 Å². The largest absolute Gasteiger partial charge is 0.444 e. The molecule has 2 atom stereocenters. The number of nitrogens with zero attached hydrogens (tertiary/aromatic N) is 4. The van der Waals surface area contributed by atoms with Crippen LogP contribution >= 0.6 is 11.6 Å². The van der Waals surface area contributed by atoms with Crippen molar-refractivity contribution in [2.75, 3.05) is 11.1 Å². The molecule has 0 spiro atoms. The molecule has 39 heavy (non-hydrogen) atoms. The second-order valence-corrected chi connectivity index (χ2v) is 11.4. The minimum atomic E-state index is -0.605. The molecule has 1 amide bonds. The topological polar surface area (TPSA) is 122 Å². The second kappa shape index (κ2) is 11.1. The van der Waals surface area contributed by atoms with Crippen LogP contribution in [-0.2, 0) is 11.3 Å². The van der Waals surface area contributed by atoms with Gasteiger partial charge in [0.05, 0.1) is 41.0 Å². The molecule has 4 N–H and O–H groups in total. The van der Waals surface area contributed by atoms with Crippen LogP contribution in [0.3, 0.4) is 0 Å². The lowest BCUT2D eigenvalue weighted by Crippen LogP contribution is -2.47. The number of carbonyl (C=O) groups is 1. The van der Waals surface area contributed by atoms with Gasteiger partial charge in [-0.25, -0.2) is 14.8 Å². The molecule has 0 aliphatic heterocycles. The van der Waals surface area contributed by atoms with Gasteiger partial charge in [-0.05, 0) is 64.7 Å². The highest BCUT2D eigenvalue weighted by Crippen LogP contribution is 2.33. The SMILES string of the molecule is CC(C)(C)OC(=O)N(Cc1ccc(N)cn1)[C@H]1CCC[C@@H](Nc2ncc(Cl)c(-c3c[nH]c4ccccc34)n2)C1. The number of hydrogen-bond donors (Lipinski definition) is 3. The Morgan fingerprint density at radius 1 is 1.18 bits per heavy atom. The highest BCUT2D eigenvalue weighted by atomic mass is 35.5. The van der Waals surface area contributed by atoms with E-state index in [0.29, 0.717) is 28.9 Å². The van der Waals surface area contributed by atoms with Crippen LogP contribution in [0, 0.1) is 0 Å². The number of para-hydroxylation sites is 1. The Hall–Kier alpha value is -3.85. The Bertz CT molecular complexity index is 1450. The number of nitrogens with one attached hydrogen (secondary N) is 2. The molecule has 0 saturated heterocycles. The first-order valence-corrected chi connectivity index (χ1v) is 13.6. The van der Waals surface area contributed by atoms with Gasteiger partial charge in [0.15, 0.2) is 0 Å². The summed E-state index contributed by atoms with van der Waals surface area (Å²) in [4.78, 5) is 32.0. The molecular formula is C29H34ClN7O2. The molecule has 0 radical (unpaired) electrons. The number of aromatic amines is 1. The molecule has 1 fully saturated rings. The Kier molecular flexibility index (Phi) is 7.61. The molecule has 1 aliphatic rings. The van der Waals surface area contributed by atoms with Crippen molar-refractivity contribution in [1.82, 2.24) is 24.8 Å². The maximum Gasteiger partial charge on any atom is 0.410 e. The van der Waals surface area contributed by atoms with Crippen molar-refractivity contribution < 1.29 is 9.53 Å². The van der Waals surface area contributed by atoms with E-state index in [1.807, 2.05) is 57.3 Å². The molecule has 1 saturated carbocycles. The summed E-state index contributed by atoms with van der Waals surface area (Å²) in [6.07, 6.45) is 8.29. The van der Waals surface area contributed by atoms with Gasteiger partial charge in [-0.1, -0.05) is 29.8 Å². The minimum Gasteiger partial charge on any atom is -0.444 e. The third-order valence-corrected chi connectivity index (χ3v) is 7.09. The average molecular weight is 548 g/mol. The number of nitrogen functional groups attached to an aromatic ring is 1. The number of fused-ring (bicyclic) bond motifs is 1. The number of pyridine rings is 1. The van der Waals surface area contributed by atoms with E-state index in [1.165, 1.54) is 0 Å². The van der Waals surface area contributed by atoms with Crippen LogP contribution in [0.5, 0.6) is 0 Å². The zero-order valence-electron chi connectivity index (χ0n) is 22.4. The number of amides is 1. The molecule has 5 rings (SSSR count). The monoisotopic (exact) mass is 547 g/mol. The highest BCUT2D eigenvalue weighted by molar-refractivity contribution is 6.33. The van der Waals surface area contributed by atoms with Crippen LogP contribution < -0.4 is 11.1 Å². The van der Waals surface area contributed by atoms with Gasteiger partial charge in [-0.2, -0.15) is 0 Å². The summed E-state index contributed by atoms with van der Waals surface area (Å²) >= 11 is 6.53. The Labute approximate surface area is 233 Å². The van der Waals surface area contributed by atoms with E-state index in [9.17, 15) is 4.79 Å². The van der Waals surface area contributed by atoms with E-state index in [2.05, 4.69) is 20.3 Å². The molecular weight excluding hydrogens is 514 g/mol. The third-order valence-electron chi connectivity index (χ3n) is 6.82. The van der Waals surface area contributed by atoms with E-state index in [4.69, 9.17) is 27.1 Å². The maximum atomic E-state index is 13.3. The normalized spacial score (nSPS) is 17.6. The highest BCUT2D eigenvalue weighted by Gasteiger charge is 2.33. The van der Waals surface area contributed by atoms with E-state index in [0.717, 1.165) is 47.8 Å². The van der Waals surface area contributed by atoms with Crippen LogP contribution in [0.15, 0.2) is 55.0 Å². The van der Waals surface area contributed by atoms with E-state index in [1.54, 1.807) is 23.4 Å². The number of halogens is 1. The predicted molar refractivity (Wildman–Crippen MR) is 154 cm³/mol. The standard InChI is InChI=1S/C29H34ClN7O2/c1-29(2,3)39-28(38)37(17-20-12-11-18(31)14-32-20)21-8-6-7-19(13-21)35-27-34-16-24(30)26(36-27)23-15-33-25-10-5-4-9-22(23)25/h4-5,9-12,14-16,19,21,33H,6-8,13,17,31H2,1-3H3,(H,34,35,36)/t19-,21+/m1/s1. The van der Waals surface area contributed by atoms with Crippen molar-refractivity contribution >= 4 is 40.2 Å². The average Bonchev–Trinajstić information content (AvgIpc) is 3.32. The van der Waals surface area contributed by atoms with Crippen LogP contribution in [0.1, 0.15) is 52.1 Å². The first-order valence-electron chi connectivity index (χ1n) is 13.2.